The van der Waals surface area contributed by atoms with Crippen molar-refractivity contribution in [1.29, 1.82) is 0 Å². The van der Waals surface area contributed by atoms with Crippen LogP contribution in [0.4, 0.5) is 0 Å². The maximum Gasteiger partial charge on any atom is 0.0843 e. The normalized spacial score (nSPS) is 13.0. The Kier molecular flexibility index (Phi) is 3.06. The first kappa shape index (κ1) is 10.9. The third-order valence-corrected chi connectivity index (χ3v) is 2.60. The van der Waals surface area contributed by atoms with Crippen molar-refractivity contribution in [3.8, 4) is 5.69 Å². The predicted octanol–water partition coefficient (Wildman–Crippen LogP) is 2.56. The molecule has 1 N–H and O–H groups in total. The molecule has 3 heteroatoms. The van der Waals surface area contributed by atoms with E-state index in [9.17, 15) is 5.11 Å². The molecule has 0 fully saturated rings. The molecule has 0 aliphatic carbocycles. The standard InChI is InChI=1S/C13H16N2O/c1-10(2)13(16)11-8-14-15(9-11)12-6-4-3-5-7-12/h3-10,13,16H,1-2H3. The second-order valence-electron chi connectivity index (χ2n) is 4.24. The molecular weight excluding hydrogens is 200 g/mol. The van der Waals surface area contributed by atoms with Gasteiger partial charge in [0, 0.05) is 11.8 Å². The van der Waals surface area contributed by atoms with Gasteiger partial charge in [0.05, 0.1) is 18.0 Å². The maximum absolute atomic E-state index is 9.90. The van der Waals surface area contributed by atoms with E-state index in [1.165, 1.54) is 0 Å². The van der Waals surface area contributed by atoms with Gasteiger partial charge in [0.2, 0.25) is 0 Å². The molecule has 0 aliphatic rings. The molecule has 0 aliphatic heterocycles. The molecule has 3 nitrogen and oxygen atoms in total. The summed E-state index contributed by atoms with van der Waals surface area (Å²) in [5.41, 5.74) is 1.86. The van der Waals surface area contributed by atoms with Crippen molar-refractivity contribution >= 4 is 0 Å². The topological polar surface area (TPSA) is 38.1 Å². The van der Waals surface area contributed by atoms with Crippen LogP contribution in [0.1, 0.15) is 25.5 Å². The number of aliphatic hydroxyl groups is 1. The Bertz CT molecular complexity index is 448. The molecule has 1 aromatic carbocycles. The SMILES string of the molecule is CC(C)C(O)c1cnn(-c2ccccc2)c1. The smallest absolute Gasteiger partial charge is 0.0843 e. The van der Waals surface area contributed by atoms with Crippen LogP contribution in [0.5, 0.6) is 0 Å². The lowest BCUT2D eigenvalue weighted by Crippen LogP contribution is -2.04. The van der Waals surface area contributed by atoms with E-state index in [0.29, 0.717) is 0 Å². The highest BCUT2D eigenvalue weighted by Crippen LogP contribution is 2.21. The lowest BCUT2D eigenvalue weighted by atomic mass is 10.0. The molecule has 0 saturated carbocycles. The van der Waals surface area contributed by atoms with Gasteiger partial charge in [0.15, 0.2) is 0 Å². The molecule has 2 rings (SSSR count). The first-order chi connectivity index (χ1) is 7.68. The minimum absolute atomic E-state index is 0.202. The van der Waals surface area contributed by atoms with Crippen molar-refractivity contribution in [2.24, 2.45) is 5.92 Å². The average Bonchev–Trinajstić information content (AvgIpc) is 2.78. The predicted molar refractivity (Wildman–Crippen MR) is 63.4 cm³/mol. The van der Waals surface area contributed by atoms with Gasteiger partial charge in [-0.05, 0) is 18.1 Å². The highest BCUT2D eigenvalue weighted by atomic mass is 16.3. The highest BCUT2D eigenvalue weighted by molar-refractivity contribution is 5.31. The van der Waals surface area contributed by atoms with Crippen LogP contribution in [0.25, 0.3) is 5.69 Å². The largest absolute Gasteiger partial charge is 0.388 e. The minimum Gasteiger partial charge on any atom is -0.388 e. The lowest BCUT2D eigenvalue weighted by Gasteiger charge is -2.11. The maximum atomic E-state index is 9.90. The quantitative estimate of drug-likeness (QED) is 0.856. The molecule has 0 bridgehead atoms. The zero-order valence-electron chi connectivity index (χ0n) is 9.54. The molecule has 0 radical (unpaired) electrons. The Morgan fingerprint density at radius 3 is 2.50 bits per heavy atom. The Labute approximate surface area is 95.3 Å². The van der Waals surface area contributed by atoms with Crippen molar-refractivity contribution in [1.82, 2.24) is 9.78 Å². The Morgan fingerprint density at radius 1 is 1.19 bits per heavy atom. The summed E-state index contributed by atoms with van der Waals surface area (Å²) < 4.78 is 1.78. The van der Waals surface area contributed by atoms with E-state index in [4.69, 9.17) is 0 Å². The van der Waals surface area contributed by atoms with Gasteiger partial charge in [-0.2, -0.15) is 5.10 Å². The molecule has 1 aromatic heterocycles. The van der Waals surface area contributed by atoms with Gasteiger partial charge in [-0.1, -0.05) is 32.0 Å². The van der Waals surface area contributed by atoms with E-state index < -0.39 is 6.10 Å². The first-order valence-corrected chi connectivity index (χ1v) is 5.46. The molecule has 1 atom stereocenters. The van der Waals surface area contributed by atoms with Crippen LogP contribution >= 0.6 is 0 Å². The summed E-state index contributed by atoms with van der Waals surface area (Å²) >= 11 is 0. The Balaban J connectivity index is 2.27. The van der Waals surface area contributed by atoms with Crippen LogP contribution in [0.15, 0.2) is 42.7 Å². The third kappa shape index (κ3) is 2.14. The van der Waals surface area contributed by atoms with E-state index in [2.05, 4.69) is 5.10 Å². The van der Waals surface area contributed by atoms with Crippen LogP contribution in [0.3, 0.4) is 0 Å². The summed E-state index contributed by atoms with van der Waals surface area (Å²) in [7, 11) is 0. The van der Waals surface area contributed by atoms with Gasteiger partial charge in [-0.15, -0.1) is 0 Å². The van der Waals surface area contributed by atoms with E-state index in [1.807, 2.05) is 50.4 Å². The number of hydrogen-bond acceptors (Lipinski definition) is 2. The fraction of sp³-hybridized carbons (Fsp3) is 0.308. The van der Waals surface area contributed by atoms with Crippen molar-refractivity contribution in [3.63, 3.8) is 0 Å². The molecule has 84 valence electrons. The van der Waals surface area contributed by atoms with Crippen LogP contribution in [0.2, 0.25) is 0 Å². The molecule has 0 amide bonds. The van der Waals surface area contributed by atoms with Gasteiger partial charge in [0.1, 0.15) is 0 Å². The van der Waals surface area contributed by atoms with E-state index in [1.54, 1.807) is 10.9 Å². The molecule has 1 heterocycles. The molecule has 0 saturated heterocycles. The molecular formula is C13H16N2O. The summed E-state index contributed by atoms with van der Waals surface area (Å²) in [6.07, 6.45) is 3.15. The first-order valence-electron chi connectivity index (χ1n) is 5.46. The number of nitrogens with zero attached hydrogens (tertiary/aromatic N) is 2. The molecule has 1 unspecified atom stereocenters. The lowest BCUT2D eigenvalue weighted by molar-refractivity contribution is 0.127. The summed E-state index contributed by atoms with van der Waals surface area (Å²) in [6.45, 7) is 3.98. The van der Waals surface area contributed by atoms with E-state index in [0.717, 1.165) is 11.3 Å². The number of para-hydroxylation sites is 1. The van der Waals surface area contributed by atoms with Crippen molar-refractivity contribution in [2.75, 3.05) is 0 Å². The highest BCUT2D eigenvalue weighted by Gasteiger charge is 2.14. The van der Waals surface area contributed by atoms with Crippen molar-refractivity contribution < 1.29 is 5.11 Å². The zero-order valence-corrected chi connectivity index (χ0v) is 9.54. The van der Waals surface area contributed by atoms with Gasteiger partial charge < -0.3 is 5.11 Å². The summed E-state index contributed by atoms with van der Waals surface area (Å²) in [4.78, 5) is 0. The van der Waals surface area contributed by atoms with Gasteiger partial charge in [-0.3, -0.25) is 0 Å². The van der Waals surface area contributed by atoms with E-state index >= 15 is 0 Å². The molecule has 2 aromatic rings. The zero-order chi connectivity index (χ0) is 11.5. The van der Waals surface area contributed by atoms with Crippen molar-refractivity contribution in [3.05, 3.63) is 48.3 Å². The van der Waals surface area contributed by atoms with Crippen molar-refractivity contribution in [2.45, 2.75) is 20.0 Å². The summed E-state index contributed by atoms with van der Waals surface area (Å²) in [5, 5.41) is 14.2. The van der Waals surface area contributed by atoms with Gasteiger partial charge >= 0.3 is 0 Å². The summed E-state index contributed by atoms with van der Waals surface area (Å²) in [6, 6.07) is 9.87. The third-order valence-electron chi connectivity index (χ3n) is 2.60. The van der Waals surface area contributed by atoms with Crippen LogP contribution in [-0.4, -0.2) is 14.9 Å². The second-order valence-corrected chi connectivity index (χ2v) is 4.24. The number of aliphatic hydroxyl groups excluding tert-OH is 1. The molecule has 0 spiro atoms. The Hall–Kier alpha value is -1.61. The van der Waals surface area contributed by atoms with Crippen LogP contribution in [-0.2, 0) is 0 Å². The van der Waals surface area contributed by atoms with Gasteiger partial charge in [0.25, 0.3) is 0 Å². The number of rotatable bonds is 3. The van der Waals surface area contributed by atoms with E-state index in [-0.39, 0.29) is 5.92 Å². The fourth-order valence-electron chi connectivity index (χ4n) is 1.60. The number of hydrogen-bond donors (Lipinski definition) is 1. The fourth-order valence-corrected chi connectivity index (χ4v) is 1.60. The second kappa shape index (κ2) is 4.49. The van der Waals surface area contributed by atoms with Crippen LogP contribution in [0, 0.1) is 5.92 Å². The average molecular weight is 216 g/mol. The molecule has 16 heavy (non-hydrogen) atoms. The minimum atomic E-state index is -0.447. The van der Waals surface area contributed by atoms with Gasteiger partial charge in [-0.25, -0.2) is 4.68 Å². The summed E-state index contributed by atoms with van der Waals surface area (Å²) in [5.74, 6) is 0.202. The van der Waals surface area contributed by atoms with Crippen LogP contribution < -0.4 is 0 Å². The number of aromatic nitrogens is 2. The Morgan fingerprint density at radius 2 is 1.88 bits per heavy atom. The number of benzene rings is 1. The monoisotopic (exact) mass is 216 g/mol.